The van der Waals surface area contributed by atoms with E-state index >= 15 is 0 Å². The first-order valence-electron chi connectivity index (χ1n) is 31.1. The summed E-state index contributed by atoms with van der Waals surface area (Å²) in [6, 6.07) is 0. The Hall–Kier alpha value is -2.63. The largest absolute Gasteiger partial charge is 0.462 e. The lowest BCUT2D eigenvalue weighted by molar-refractivity contribution is -0.167. The van der Waals surface area contributed by atoms with E-state index in [9.17, 15) is 14.4 Å². The maximum absolute atomic E-state index is 12.9. The Morgan fingerprint density at radius 1 is 0.296 bits per heavy atom. The summed E-state index contributed by atoms with van der Waals surface area (Å²) >= 11 is 0. The molecule has 0 aromatic carbocycles. The Bertz CT molecular complexity index is 1230. The highest BCUT2D eigenvalue weighted by Crippen LogP contribution is 2.17. The summed E-state index contributed by atoms with van der Waals surface area (Å²) in [6.07, 6.45) is 74.0. The van der Waals surface area contributed by atoms with E-state index in [1.165, 1.54) is 193 Å². The second-order valence-electron chi connectivity index (χ2n) is 21.0. The van der Waals surface area contributed by atoms with Crippen LogP contribution in [-0.4, -0.2) is 37.2 Å². The van der Waals surface area contributed by atoms with Gasteiger partial charge < -0.3 is 14.2 Å². The van der Waals surface area contributed by atoms with Gasteiger partial charge in [0, 0.05) is 19.3 Å². The molecule has 0 rings (SSSR count). The molecule has 71 heavy (non-hydrogen) atoms. The number of hydrogen-bond donors (Lipinski definition) is 0. The molecule has 0 N–H and O–H groups in total. The van der Waals surface area contributed by atoms with E-state index < -0.39 is 6.10 Å². The molecule has 0 spiro atoms. The van der Waals surface area contributed by atoms with Crippen molar-refractivity contribution in [3.63, 3.8) is 0 Å². The highest BCUT2D eigenvalue weighted by Gasteiger charge is 2.19. The fourth-order valence-electron chi connectivity index (χ4n) is 9.20. The summed E-state index contributed by atoms with van der Waals surface area (Å²) in [5.74, 6) is -0.879. The fraction of sp³-hybridized carbons (Fsp3) is 0.831. The SMILES string of the molecule is CC/C=C\C/C=C\C/C=C\C/C=C\CCCCCCC(=O)OC[C@H](COC(=O)CCCCCCCCCCCCCCCCC)OC(=O)CCCCCCCCCCCCCCCCCCCCCCC. The molecule has 0 bridgehead atoms. The van der Waals surface area contributed by atoms with Crippen LogP contribution in [0.4, 0.5) is 0 Å². The lowest BCUT2D eigenvalue weighted by Crippen LogP contribution is -2.30. The van der Waals surface area contributed by atoms with Gasteiger partial charge in [-0.2, -0.15) is 0 Å². The average molecular weight is 996 g/mol. The number of ether oxygens (including phenoxy) is 3. The zero-order chi connectivity index (χ0) is 51.4. The molecule has 0 aromatic rings. The van der Waals surface area contributed by atoms with Gasteiger partial charge in [0.1, 0.15) is 13.2 Å². The molecule has 0 fully saturated rings. The smallest absolute Gasteiger partial charge is 0.306 e. The molecule has 0 aliphatic rings. The van der Waals surface area contributed by atoms with Gasteiger partial charge in [0.2, 0.25) is 0 Å². The molecule has 6 nitrogen and oxygen atoms in total. The van der Waals surface area contributed by atoms with Gasteiger partial charge in [-0.05, 0) is 57.8 Å². The van der Waals surface area contributed by atoms with Crippen molar-refractivity contribution >= 4 is 17.9 Å². The number of esters is 3. The van der Waals surface area contributed by atoms with Crippen LogP contribution < -0.4 is 0 Å². The molecule has 0 aliphatic heterocycles. The summed E-state index contributed by atoms with van der Waals surface area (Å²) in [7, 11) is 0. The van der Waals surface area contributed by atoms with Gasteiger partial charge >= 0.3 is 17.9 Å². The Morgan fingerprint density at radius 2 is 0.549 bits per heavy atom. The van der Waals surface area contributed by atoms with Gasteiger partial charge in [-0.3, -0.25) is 14.4 Å². The minimum Gasteiger partial charge on any atom is -0.462 e. The van der Waals surface area contributed by atoms with Gasteiger partial charge in [-0.25, -0.2) is 0 Å². The van der Waals surface area contributed by atoms with Gasteiger partial charge in [-0.15, -0.1) is 0 Å². The van der Waals surface area contributed by atoms with Crippen LogP contribution in [-0.2, 0) is 28.6 Å². The van der Waals surface area contributed by atoms with Crippen LogP contribution in [0, 0.1) is 0 Å². The third-order valence-corrected chi connectivity index (χ3v) is 13.8. The molecular formula is C65H118O6. The van der Waals surface area contributed by atoms with E-state index in [1.54, 1.807) is 0 Å². The number of carbonyl (C=O) groups excluding carboxylic acids is 3. The number of carbonyl (C=O) groups is 3. The summed E-state index contributed by atoms with van der Waals surface area (Å²) in [5, 5.41) is 0. The molecule has 0 aromatic heterocycles. The highest BCUT2D eigenvalue weighted by atomic mass is 16.6. The van der Waals surface area contributed by atoms with Gasteiger partial charge in [0.05, 0.1) is 0 Å². The van der Waals surface area contributed by atoms with Crippen LogP contribution >= 0.6 is 0 Å². The van der Waals surface area contributed by atoms with Crippen molar-refractivity contribution in [3.05, 3.63) is 48.6 Å². The number of hydrogen-bond acceptors (Lipinski definition) is 6. The third kappa shape index (κ3) is 58.1. The molecule has 0 amide bonds. The molecule has 0 saturated heterocycles. The normalized spacial score (nSPS) is 12.3. The fourth-order valence-corrected chi connectivity index (χ4v) is 9.20. The van der Waals surface area contributed by atoms with Crippen molar-refractivity contribution in [2.24, 2.45) is 0 Å². The quantitative estimate of drug-likeness (QED) is 0.0261. The molecule has 1 atom stereocenters. The van der Waals surface area contributed by atoms with Crippen molar-refractivity contribution in [1.82, 2.24) is 0 Å². The van der Waals surface area contributed by atoms with E-state index in [2.05, 4.69) is 69.4 Å². The van der Waals surface area contributed by atoms with Crippen LogP contribution in [0.5, 0.6) is 0 Å². The van der Waals surface area contributed by atoms with Gasteiger partial charge in [0.25, 0.3) is 0 Å². The zero-order valence-corrected chi connectivity index (χ0v) is 47.5. The molecule has 0 unspecified atom stereocenters. The molecule has 0 radical (unpaired) electrons. The predicted molar refractivity (Wildman–Crippen MR) is 307 cm³/mol. The summed E-state index contributed by atoms with van der Waals surface area (Å²) in [6.45, 7) is 6.56. The Kier molecular flexibility index (Phi) is 57.7. The second kappa shape index (κ2) is 59.9. The minimum atomic E-state index is -0.780. The lowest BCUT2D eigenvalue weighted by atomic mass is 10.0. The molecule has 0 saturated carbocycles. The van der Waals surface area contributed by atoms with Gasteiger partial charge in [0.15, 0.2) is 6.10 Å². The summed E-state index contributed by atoms with van der Waals surface area (Å²) in [4.78, 5) is 38.3. The van der Waals surface area contributed by atoms with Crippen LogP contribution in [0.25, 0.3) is 0 Å². The number of allylic oxidation sites excluding steroid dienone is 8. The predicted octanol–water partition coefficient (Wildman–Crippen LogP) is 21.0. The molecule has 0 aliphatic carbocycles. The zero-order valence-electron chi connectivity index (χ0n) is 47.5. The first-order valence-corrected chi connectivity index (χ1v) is 31.1. The number of unbranched alkanes of at least 4 members (excludes halogenated alkanes) is 38. The molecule has 0 heterocycles. The summed E-state index contributed by atoms with van der Waals surface area (Å²) in [5.41, 5.74) is 0. The van der Waals surface area contributed by atoms with E-state index in [0.717, 1.165) is 96.3 Å². The van der Waals surface area contributed by atoms with Gasteiger partial charge in [-0.1, -0.05) is 301 Å². The Labute approximate surface area is 441 Å². The van der Waals surface area contributed by atoms with Crippen molar-refractivity contribution in [2.75, 3.05) is 13.2 Å². The molecule has 414 valence electrons. The topological polar surface area (TPSA) is 78.9 Å². The van der Waals surface area contributed by atoms with Crippen LogP contribution in [0.1, 0.15) is 329 Å². The van der Waals surface area contributed by atoms with Crippen molar-refractivity contribution in [2.45, 2.75) is 335 Å². The standard InChI is InChI=1S/C65H118O6/c1-4-7-10-13-16-19-22-25-28-30-31-32-33-35-38-41-44-47-50-53-56-59-65(68)71-62(60-69-63(66)57-54-51-48-45-42-39-36-27-24-21-18-15-12-9-6-3)61-70-64(67)58-55-52-49-46-43-40-37-34-29-26-23-20-17-14-11-8-5-2/h8,11,17,20,26,29,37,40,62H,4-7,9-10,12-16,18-19,21-25,27-28,30-36,38-39,41-61H2,1-3H3/b11-8-,20-17-,29-26-,40-37-/t62-/m0/s1. The van der Waals surface area contributed by atoms with Crippen LogP contribution in [0.2, 0.25) is 0 Å². The van der Waals surface area contributed by atoms with Crippen LogP contribution in [0.15, 0.2) is 48.6 Å². The average Bonchev–Trinajstić information content (AvgIpc) is 3.37. The first-order chi connectivity index (χ1) is 35.0. The minimum absolute atomic E-state index is 0.0762. The van der Waals surface area contributed by atoms with Crippen molar-refractivity contribution in [1.29, 1.82) is 0 Å². The number of rotatable bonds is 57. The molecular weight excluding hydrogens is 877 g/mol. The van der Waals surface area contributed by atoms with E-state index in [0.29, 0.717) is 19.3 Å². The van der Waals surface area contributed by atoms with Crippen molar-refractivity contribution in [3.8, 4) is 0 Å². The maximum Gasteiger partial charge on any atom is 0.306 e. The van der Waals surface area contributed by atoms with E-state index in [-0.39, 0.29) is 31.1 Å². The van der Waals surface area contributed by atoms with E-state index in [1.807, 2.05) is 0 Å². The first kappa shape index (κ1) is 68.4. The highest BCUT2D eigenvalue weighted by molar-refractivity contribution is 5.71. The van der Waals surface area contributed by atoms with Crippen LogP contribution in [0.3, 0.4) is 0 Å². The Balaban J connectivity index is 4.34. The Morgan fingerprint density at radius 3 is 0.859 bits per heavy atom. The third-order valence-electron chi connectivity index (χ3n) is 13.8. The maximum atomic E-state index is 12.9. The monoisotopic (exact) mass is 995 g/mol. The molecule has 6 heteroatoms. The van der Waals surface area contributed by atoms with Crippen molar-refractivity contribution < 1.29 is 28.6 Å². The summed E-state index contributed by atoms with van der Waals surface area (Å²) < 4.78 is 16.9. The van der Waals surface area contributed by atoms with E-state index in [4.69, 9.17) is 14.2 Å². The lowest BCUT2D eigenvalue weighted by Gasteiger charge is -2.18. The second-order valence-corrected chi connectivity index (χ2v) is 21.0.